The Balaban J connectivity index is 6.07. The molecule has 0 aromatic carbocycles. The summed E-state index contributed by atoms with van der Waals surface area (Å²) in [6.45, 7) is 0. The maximum atomic E-state index is 12.7. The largest absolute Gasteiger partial charge is 0.395 e. The van der Waals surface area contributed by atoms with Crippen molar-refractivity contribution < 1.29 is 65.9 Å². The van der Waals surface area contributed by atoms with E-state index in [9.17, 15) is 65.9 Å². The van der Waals surface area contributed by atoms with Crippen molar-refractivity contribution in [1.82, 2.24) is 0 Å². The molecule has 0 N–H and O–H groups in total. The number of alkyl halides is 15. The van der Waals surface area contributed by atoms with Gasteiger partial charge in [0.15, 0.2) is 0 Å². The lowest BCUT2D eigenvalue weighted by Crippen LogP contribution is -2.69. The predicted molar refractivity (Wildman–Crippen MR) is 41.4 cm³/mol. The SMILES string of the molecule is FC(F)C(F)(F)C(F)(F)C(F)(F)C(F)(F)C(F)(F)CC(F)(F)F. The molecule has 0 atom stereocenters. The van der Waals surface area contributed by atoms with E-state index >= 15 is 0 Å². The smallest absolute Gasteiger partial charge is 0.203 e. The van der Waals surface area contributed by atoms with E-state index in [0.717, 1.165) is 0 Å². The summed E-state index contributed by atoms with van der Waals surface area (Å²) in [6, 6.07) is 0. The quantitative estimate of drug-likeness (QED) is 0.540. The van der Waals surface area contributed by atoms with Crippen molar-refractivity contribution in [2.45, 2.75) is 48.6 Å². The normalized spacial score (nSPS) is 16.2. The fourth-order valence-electron chi connectivity index (χ4n) is 1.14. The molecule has 0 aromatic heterocycles. The zero-order valence-electron chi connectivity index (χ0n) is 9.95. The fourth-order valence-corrected chi connectivity index (χ4v) is 1.14. The molecule has 0 aromatic rings. The first-order valence-corrected chi connectivity index (χ1v) is 4.89. The molecule has 0 aliphatic heterocycles. The Morgan fingerprint density at radius 3 is 1.13 bits per heavy atom. The van der Waals surface area contributed by atoms with E-state index in [-0.39, 0.29) is 0 Å². The second kappa shape index (κ2) is 5.50. The van der Waals surface area contributed by atoms with Crippen LogP contribution >= 0.6 is 0 Å². The van der Waals surface area contributed by atoms with Gasteiger partial charge in [-0.05, 0) is 0 Å². The third kappa shape index (κ3) is 3.41. The van der Waals surface area contributed by atoms with Crippen LogP contribution in [0.1, 0.15) is 6.42 Å². The number of halogens is 15. The molecular formula is C8H3F15. The van der Waals surface area contributed by atoms with Crippen LogP contribution in [0, 0.1) is 0 Å². The summed E-state index contributed by atoms with van der Waals surface area (Å²) >= 11 is 0. The highest BCUT2D eigenvalue weighted by molar-refractivity contribution is 5.09. The van der Waals surface area contributed by atoms with Crippen molar-refractivity contribution in [3.63, 3.8) is 0 Å². The Morgan fingerprint density at radius 1 is 0.522 bits per heavy atom. The highest BCUT2D eigenvalue weighted by atomic mass is 19.4. The van der Waals surface area contributed by atoms with Gasteiger partial charge in [-0.2, -0.15) is 57.1 Å². The number of hydrogen-bond acceptors (Lipinski definition) is 0. The van der Waals surface area contributed by atoms with Crippen LogP contribution < -0.4 is 0 Å². The number of rotatable bonds is 6. The second-order valence-electron chi connectivity index (χ2n) is 4.14. The number of hydrogen-bond donors (Lipinski definition) is 0. The van der Waals surface area contributed by atoms with Crippen LogP contribution in [0.25, 0.3) is 0 Å². The van der Waals surface area contributed by atoms with Gasteiger partial charge in [0, 0.05) is 0 Å². The van der Waals surface area contributed by atoms with Gasteiger partial charge in [-0.1, -0.05) is 0 Å². The van der Waals surface area contributed by atoms with Crippen molar-refractivity contribution in [1.29, 1.82) is 0 Å². The van der Waals surface area contributed by atoms with Crippen LogP contribution in [0.2, 0.25) is 0 Å². The van der Waals surface area contributed by atoms with Gasteiger partial charge in [0.05, 0.1) is 0 Å². The van der Waals surface area contributed by atoms with Gasteiger partial charge in [0.1, 0.15) is 6.42 Å². The fraction of sp³-hybridized carbons (Fsp3) is 1.00. The summed E-state index contributed by atoms with van der Waals surface area (Å²) in [6.07, 6.45) is -16.1. The molecule has 0 saturated carbocycles. The van der Waals surface area contributed by atoms with Crippen LogP contribution in [-0.4, -0.2) is 42.2 Å². The Labute approximate surface area is 116 Å². The standard InChI is InChI=1S/C8H3F15/c9-2(10)5(16,17)7(20,21)8(22,23)6(18,19)3(11,12)1-4(13,14)15/h2H,1H2. The molecule has 0 radical (unpaired) electrons. The summed E-state index contributed by atoms with van der Waals surface area (Å²) < 4.78 is 184. The maximum absolute atomic E-state index is 12.7. The van der Waals surface area contributed by atoms with Crippen molar-refractivity contribution in [2.75, 3.05) is 0 Å². The third-order valence-corrected chi connectivity index (χ3v) is 2.36. The average molecular weight is 384 g/mol. The zero-order chi connectivity index (χ0) is 19.3. The second-order valence-corrected chi connectivity index (χ2v) is 4.14. The van der Waals surface area contributed by atoms with Gasteiger partial charge < -0.3 is 0 Å². The first kappa shape index (κ1) is 21.9. The van der Waals surface area contributed by atoms with E-state index in [1.807, 2.05) is 0 Å². The monoisotopic (exact) mass is 384 g/mol. The minimum atomic E-state index is -7.94. The molecule has 0 saturated heterocycles. The maximum Gasteiger partial charge on any atom is 0.395 e. The van der Waals surface area contributed by atoms with Crippen LogP contribution in [0.3, 0.4) is 0 Å². The lowest BCUT2D eigenvalue weighted by atomic mass is 9.93. The van der Waals surface area contributed by atoms with Gasteiger partial charge in [-0.3, -0.25) is 0 Å². The van der Waals surface area contributed by atoms with Gasteiger partial charge in [-0.25, -0.2) is 8.78 Å². The molecule has 140 valence electrons. The summed E-state index contributed by atoms with van der Waals surface area (Å²) in [4.78, 5) is 0. The van der Waals surface area contributed by atoms with Gasteiger partial charge >= 0.3 is 42.2 Å². The Hall–Kier alpha value is -1.05. The first-order valence-electron chi connectivity index (χ1n) is 4.89. The summed E-state index contributed by atoms with van der Waals surface area (Å²) in [7, 11) is 0. The minimum absolute atomic E-state index is 4.08. The molecule has 15 heteroatoms. The Bertz CT molecular complexity index is 416. The molecular weight excluding hydrogens is 381 g/mol. The third-order valence-electron chi connectivity index (χ3n) is 2.36. The molecule has 0 fully saturated rings. The van der Waals surface area contributed by atoms with Crippen LogP contribution in [0.15, 0.2) is 0 Å². The van der Waals surface area contributed by atoms with Crippen LogP contribution in [0.5, 0.6) is 0 Å². The van der Waals surface area contributed by atoms with Crippen molar-refractivity contribution >= 4 is 0 Å². The lowest BCUT2D eigenvalue weighted by Gasteiger charge is -2.39. The van der Waals surface area contributed by atoms with E-state index in [1.165, 1.54) is 0 Å². The van der Waals surface area contributed by atoms with E-state index in [2.05, 4.69) is 0 Å². The van der Waals surface area contributed by atoms with Crippen molar-refractivity contribution in [2.24, 2.45) is 0 Å². The zero-order valence-corrected chi connectivity index (χ0v) is 9.95. The van der Waals surface area contributed by atoms with E-state index < -0.39 is 48.6 Å². The van der Waals surface area contributed by atoms with Gasteiger partial charge in [-0.15, -0.1) is 0 Å². The Morgan fingerprint density at radius 2 is 0.870 bits per heavy atom. The first-order chi connectivity index (χ1) is 9.65. The Kier molecular flexibility index (Phi) is 5.25. The van der Waals surface area contributed by atoms with E-state index in [0.29, 0.717) is 0 Å². The molecule has 0 amide bonds. The molecule has 0 nitrogen and oxygen atoms in total. The van der Waals surface area contributed by atoms with E-state index in [1.54, 1.807) is 0 Å². The minimum Gasteiger partial charge on any atom is -0.203 e. The van der Waals surface area contributed by atoms with Crippen molar-refractivity contribution in [3.05, 3.63) is 0 Å². The molecule has 0 aliphatic carbocycles. The highest BCUT2D eigenvalue weighted by Crippen LogP contribution is 2.59. The lowest BCUT2D eigenvalue weighted by molar-refractivity contribution is -0.418. The summed E-state index contributed by atoms with van der Waals surface area (Å²) in [5.41, 5.74) is 0. The predicted octanol–water partition coefficient (Wildman–Crippen LogP) is 5.38. The molecule has 0 bridgehead atoms. The summed E-state index contributed by atoms with van der Waals surface area (Å²) in [5, 5.41) is 0. The topological polar surface area (TPSA) is 0 Å². The molecule has 0 unspecified atom stereocenters. The van der Waals surface area contributed by atoms with Gasteiger partial charge in [0.25, 0.3) is 0 Å². The molecule has 0 heterocycles. The molecule has 0 spiro atoms. The van der Waals surface area contributed by atoms with Gasteiger partial charge in [0.2, 0.25) is 0 Å². The van der Waals surface area contributed by atoms with Crippen LogP contribution in [-0.2, 0) is 0 Å². The highest BCUT2D eigenvalue weighted by Gasteiger charge is 2.88. The van der Waals surface area contributed by atoms with E-state index in [4.69, 9.17) is 0 Å². The molecule has 0 aliphatic rings. The summed E-state index contributed by atoms with van der Waals surface area (Å²) in [5.74, 6) is -37.7. The molecule has 0 rings (SSSR count). The van der Waals surface area contributed by atoms with Crippen LogP contribution in [0.4, 0.5) is 65.9 Å². The average Bonchev–Trinajstić information content (AvgIpc) is 2.24. The van der Waals surface area contributed by atoms with Crippen molar-refractivity contribution in [3.8, 4) is 0 Å². The molecule has 23 heavy (non-hydrogen) atoms.